The van der Waals surface area contributed by atoms with Crippen LogP contribution in [0.15, 0.2) is 4.99 Å². The first kappa shape index (κ1) is 14.5. The fraction of sp³-hybridized carbons (Fsp3) is 0.769. The molecule has 0 aromatic carbocycles. The maximum atomic E-state index is 11.3. The van der Waals surface area contributed by atoms with Gasteiger partial charge in [-0.2, -0.15) is 0 Å². The molecule has 1 fully saturated rings. The van der Waals surface area contributed by atoms with Crippen molar-refractivity contribution in [3.63, 3.8) is 0 Å². The zero-order valence-corrected chi connectivity index (χ0v) is 12.0. The van der Waals surface area contributed by atoms with Gasteiger partial charge in [0.2, 0.25) is 0 Å². The Balaban J connectivity index is 2.24. The third kappa shape index (κ3) is 2.56. The highest BCUT2D eigenvalue weighted by Crippen LogP contribution is 2.44. The second-order valence-electron chi connectivity index (χ2n) is 5.18. The molecule has 1 aliphatic carbocycles. The molecule has 0 spiro atoms. The van der Waals surface area contributed by atoms with Crippen molar-refractivity contribution >= 4 is 29.5 Å². The third-order valence-electron chi connectivity index (χ3n) is 4.17. The summed E-state index contributed by atoms with van der Waals surface area (Å²) in [6.07, 6.45) is 2.40. The zero-order valence-electron chi connectivity index (χ0n) is 11.2. The van der Waals surface area contributed by atoms with Crippen molar-refractivity contribution in [1.82, 2.24) is 4.90 Å². The van der Waals surface area contributed by atoms with Gasteiger partial charge in [-0.15, -0.1) is 0 Å². The number of aldehydes is 2. The van der Waals surface area contributed by atoms with E-state index in [4.69, 9.17) is 0 Å². The van der Waals surface area contributed by atoms with Crippen LogP contribution < -0.4 is 0 Å². The van der Waals surface area contributed by atoms with E-state index in [1.165, 1.54) is 0 Å². The Morgan fingerprint density at radius 1 is 1.42 bits per heavy atom. The van der Waals surface area contributed by atoms with Crippen LogP contribution in [0.1, 0.15) is 13.3 Å². The molecular weight excluding hydrogens is 264 g/mol. The van der Waals surface area contributed by atoms with Gasteiger partial charge in [-0.25, -0.2) is 0 Å². The highest BCUT2D eigenvalue weighted by atomic mass is 32.2. The minimum atomic E-state index is -0.403. The molecule has 0 bridgehead atoms. The van der Waals surface area contributed by atoms with Gasteiger partial charge in [-0.3, -0.25) is 4.99 Å². The fourth-order valence-corrected chi connectivity index (χ4v) is 4.35. The summed E-state index contributed by atoms with van der Waals surface area (Å²) >= 11 is 1.67. The van der Waals surface area contributed by atoms with Gasteiger partial charge in [-0.1, -0.05) is 11.8 Å². The molecule has 1 N–H and O–H groups in total. The van der Waals surface area contributed by atoms with Crippen molar-refractivity contribution in [2.75, 3.05) is 20.2 Å². The molecular formula is C13H20N2O3S. The van der Waals surface area contributed by atoms with Crippen LogP contribution in [0.2, 0.25) is 0 Å². The molecule has 0 saturated heterocycles. The molecule has 6 heteroatoms. The SMILES string of the molecule is CCN(C)C1=N[C@@H]2[C@H](C=O)[C@H](C=O)[C@H](CO)C[C@@H]2S1. The first-order valence-corrected chi connectivity index (χ1v) is 7.51. The Labute approximate surface area is 117 Å². The highest BCUT2D eigenvalue weighted by molar-refractivity contribution is 8.14. The first-order valence-electron chi connectivity index (χ1n) is 6.63. The number of fused-ring (bicyclic) bond motifs is 1. The lowest BCUT2D eigenvalue weighted by Crippen LogP contribution is -2.45. The van der Waals surface area contributed by atoms with E-state index < -0.39 is 11.8 Å². The molecule has 106 valence electrons. The topological polar surface area (TPSA) is 70.0 Å². The largest absolute Gasteiger partial charge is 0.396 e. The number of nitrogens with zero attached hydrogens (tertiary/aromatic N) is 2. The molecule has 2 aliphatic rings. The van der Waals surface area contributed by atoms with E-state index in [1.54, 1.807) is 11.8 Å². The number of aliphatic hydroxyl groups excluding tert-OH is 1. The Bertz CT molecular complexity index is 388. The summed E-state index contributed by atoms with van der Waals surface area (Å²) in [7, 11) is 1.97. The predicted octanol–water partition coefficient (Wildman–Crippen LogP) is 0.420. The first-order chi connectivity index (χ1) is 9.15. The second-order valence-corrected chi connectivity index (χ2v) is 6.38. The number of hydrogen-bond donors (Lipinski definition) is 1. The number of hydrogen-bond acceptors (Lipinski definition) is 6. The maximum Gasteiger partial charge on any atom is 0.159 e. The number of carbonyl (C=O) groups excluding carboxylic acids is 2. The Morgan fingerprint density at radius 3 is 2.63 bits per heavy atom. The van der Waals surface area contributed by atoms with Crippen LogP contribution in [0.3, 0.4) is 0 Å². The smallest absolute Gasteiger partial charge is 0.159 e. The van der Waals surface area contributed by atoms with Crippen LogP contribution in [0.5, 0.6) is 0 Å². The molecule has 1 saturated carbocycles. The average Bonchev–Trinajstić information content (AvgIpc) is 2.87. The highest BCUT2D eigenvalue weighted by Gasteiger charge is 2.48. The van der Waals surface area contributed by atoms with Gasteiger partial charge in [0.1, 0.15) is 12.6 Å². The lowest BCUT2D eigenvalue weighted by Gasteiger charge is -2.37. The van der Waals surface area contributed by atoms with Crippen molar-refractivity contribution in [2.24, 2.45) is 22.7 Å². The Kier molecular flexibility index (Phi) is 4.62. The number of aliphatic imine (C=N–C) groups is 1. The maximum absolute atomic E-state index is 11.3. The minimum absolute atomic E-state index is 0.0452. The summed E-state index contributed by atoms with van der Waals surface area (Å²) in [5, 5.41) is 10.6. The lowest BCUT2D eigenvalue weighted by molar-refractivity contribution is -0.124. The fourth-order valence-electron chi connectivity index (χ4n) is 2.86. The quantitative estimate of drug-likeness (QED) is 0.758. The molecule has 2 rings (SSSR count). The van der Waals surface area contributed by atoms with E-state index in [2.05, 4.69) is 9.89 Å². The average molecular weight is 284 g/mol. The lowest BCUT2D eigenvalue weighted by atomic mass is 9.71. The van der Waals surface area contributed by atoms with Crippen LogP contribution in [0.25, 0.3) is 0 Å². The Hall–Kier alpha value is -0.880. The van der Waals surface area contributed by atoms with E-state index in [0.29, 0.717) is 0 Å². The molecule has 1 aliphatic heterocycles. The minimum Gasteiger partial charge on any atom is -0.396 e. The van der Waals surface area contributed by atoms with E-state index >= 15 is 0 Å². The van der Waals surface area contributed by atoms with Gasteiger partial charge < -0.3 is 19.6 Å². The second kappa shape index (κ2) is 6.05. The number of aliphatic hydroxyl groups is 1. The number of carbonyl (C=O) groups is 2. The van der Waals surface area contributed by atoms with Crippen molar-refractivity contribution in [1.29, 1.82) is 0 Å². The van der Waals surface area contributed by atoms with Crippen LogP contribution in [0, 0.1) is 17.8 Å². The van der Waals surface area contributed by atoms with Gasteiger partial charge in [0.05, 0.1) is 6.04 Å². The van der Waals surface area contributed by atoms with Gasteiger partial charge >= 0.3 is 0 Å². The zero-order chi connectivity index (χ0) is 14.0. The Morgan fingerprint density at radius 2 is 2.11 bits per heavy atom. The van der Waals surface area contributed by atoms with Gasteiger partial charge in [0.15, 0.2) is 5.17 Å². The van der Waals surface area contributed by atoms with Crippen LogP contribution in [-0.2, 0) is 9.59 Å². The van der Waals surface area contributed by atoms with Crippen molar-refractivity contribution < 1.29 is 14.7 Å². The molecule has 0 amide bonds. The van der Waals surface area contributed by atoms with Crippen LogP contribution in [-0.4, -0.2) is 59.2 Å². The van der Waals surface area contributed by atoms with Gasteiger partial charge in [0.25, 0.3) is 0 Å². The molecule has 5 nitrogen and oxygen atoms in total. The molecule has 0 radical (unpaired) electrons. The van der Waals surface area contributed by atoms with Gasteiger partial charge in [0, 0.05) is 37.3 Å². The molecule has 19 heavy (non-hydrogen) atoms. The summed E-state index contributed by atoms with van der Waals surface area (Å²) in [6, 6.07) is -0.121. The van der Waals surface area contributed by atoms with Crippen molar-refractivity contribution in [3.05, 3.63) is 0 Å². The summed E-state index contributed by atoms with van der Waals surface area (Å²) < 4.78 is 0. The van der Waals surface area contributed by atoms with E-state index in [0.717, 1.165) is 30.7 Å². The normalized spacial score (nSPS) is 37.4. The number of thioether (sulfide) groups is 1. The molecule has 5 atom stereocenters. The molecule has 1 heterocycles. The summed E-state index contributed by atoms with van der Waals surface area (Å²) in [4.78, 5) is 29.3. The van der Waals surface area contributed by atoms with Crippen molar-refractivity contribution in [3.8, 4) is 0 Å². The van der Waals surface area contributed by atoms with Crippen molar-refractivity contribution in [2.45, 2.75) is 24.6 Å². The standard InChI is InChI=1S/C13H20N2O3S/c1-3-15(2)13-14-12-10(7-18)9(6-17)8(5-16)4-11(12)19-13/h6-12,16H,3-5H2,1-2H3/t8-,9+,10+,11-,12+/m0/s1. The number of rotatable bonds is 4. The van der Waals surface area contributed by atoms with E-state index in [-0.39, 0.29) is 23.8 Å². The van der Waals surface area contributed by atoms with Crippen LogP contribution >= 0.6 is 11.8 Å². The van der Waals surface area contributed by atoms with E-state index in [1.807, 2.05) is 14.0 Å². The third-order valence-corrected chi connectivity index (χ3v) is 5.57. The molecule has 0 aromatic heterocycles. The summed E-state index contributed by atoms with van der Waals surface area (Å²) in [5.41, 5.74) is 0. The number of amidine groups is 1. The van der Waals surface area contributed by atoms with Gasteiger partial charge in [-0.05, 0) is 19.3 Å². The monoisotopic (exact) mass is 284 g/mol. The van der Waals surface area contributed by atoms with E-state index in [9.17, 15) is 14.7 Å². The molecule has 0 unspecified atom stereocenters. The summed E-state index contributed by atoms with van der Waals surface area (Å²) in [5.74, 6) is -0.925. The predicted molar refractivity (Wildman–Crippen MR) is 75.2 cm³/mol. The van der Waals surface area contributed by atoms with Crippen LogP contribution in [0.4, 0.5) is 0 Å². The molecule has 0 aromatic rings. The summed E-state index contributed by atoms with van der Waals surface area (Å²) in [6.45, 7) is 2.86.